The van der Waals surface area contributed by atoms with Gasteiger partial charge in [-0.2, -0.15) is 5.10 Å². The smallest absolute Gasteiger partial charge is 0.275 e. The fourth-order valence-corrected chi connectivity index (χ4v) is 2.18. The maximum Gasteiger partial charge on any atom is 0.275 e. The van der Waals surface area contributed by atoms with Crippen molar-refractivity contribution >= 4 is 51.3 Å². The van der Waals surface area contributed by atoms with Crippen LogP contribution in [0.5, 0.6) is 5.75 Å². The van der Waals surface area contributed by atoms with E-state index in [4.69, 9.17) is 23.2 Å². The van der Waals surface area contributed by atoms with Gasteiger partial charge < -0.3 is 5.11 Å². The van der Waals surface area contributed by atoms with E-state index in [1.807, 2.05) is 0 Å². The number of halogens is 3. The number of phenolic OH excluding ortho intramolecular Hbond substituents is 1. The zero-order valence-corrected chi connectivity index (χ0v) is 13.6. The monoisotopic (exact) mass is 386 g/mol. The zero-order valence-electron chi connectivity index (χ0n) is 10.5. The lowest BCUT2D eigenvalue weighted by Gasteiger charge is -2.03. The van der Waals surface area contributed by atoms with Gasteiger partial charge in [-0.1, -0.05) is 45.2 Å². The molecule has 0 aliphatic carbocycles. The van der Waals surface area contributed by atoms with E-state index in [-0.39, 0.29) is 11.3 Å². The first kappa shape index (κ1) is 15.8. The van der Waals surface area contributed by atoms with Crippen molar-refractivity contribution in [2.75, 3.05) is 0 Å². The molecular formula is C14H9BrCl2N2O2. The third kappa shape index (κ3) is 4.20. The van der Waals surface area contributed by atoms with E-state index in [0.29, 0.717) is 20.1 Å². The number of nitrogens with zero attached hydrogens (tertiary/aromatic N) is 1. The van der Waals surface area contributed by atoms with E-state index in [1.54, 1.807) is 24.3 Å². The van der Waals surface area contributed by atoms with Crippen LogP contribution in [0.2, 0.25) is 10.0 Å². The normalized spacial score (nSPS) is 10.8. The fraction of sp³-hybridized carbons (Fsp3) is 0. The third-order valence-corrected chi connectivity index (χ3v) is 3.76. The summed E-state index contributed by atoms with van der Waals surface area (Å²) < 4.78 is 0.680. The van der Waals surface area contributed by atoms with Gasteiger partial charge in [0.05, 0.1) is 21.8 Å². The lowest BCUT2D eigenvalue weighted by molar-refractivity contribution is 0.0952. The summed E-state index contributed by atoms with van der Waals surface area (Å²) in [5.41, 5.74) is 3.13. The Morgan fingerprint density at radius 3 is 2.67 bits per heavy atom. The molecule has 21 heavy (non-hydrogen) atoms. The topological polar surface area (TPSA) is 61.7 Å². The van der Waals surface area contributed by atoms with E-state index >= 15 is 0 Å². The summed E-state index contributed by atoms with van der Waals surface area (Å²) in [5.74, 6) is -0.648. The van der Waals surface area contributed by atoms with Crippen LogP contribution in [0.3, 0.4) is 0 Å². The van der Waals surface area contributed by atoms with Crippen LogP contribution in [-0.2, 0) is 0 Å². The van der Waals surface area contributed by atoms with Gasteiger partial charge in [0.1, 0.15) is 5.75 Å². The lowest BCUT2D eigenvalue weighted by Crippen LogP contribution is -2.17. The van der Waals surface area contributed by atoms with Crippen LogP contribution in [0, 0.1) is 0 Å². The highest BCUT2D eigenvalue weighted by Crippen LogP contribution is 2.22. The second kappa shape index (κ2) is 6.93. The van der Waals surface area contributed by atoms with E-state index in [0.717, 1.165) is 0 Å². The van der Waals surface area contributed by atoms with Crippen LogP contribution in [-0.4, -0.2) is 17.2 Å². The van der Waals surface area contributed by atoms with E-state index in [1.165, 1.54) is 18.3 Å². The lowest BCUT2D eigenvalue weighted by atomic mass is 10.2. The summed E-state index contributed by atoms with van der Waals surface area (Å²) in [4.78, 5) is 11.9. The van der Waals surface area contributed by atoms with Crippen LogP contribution >= 0.6 is 39.1 Å². The number of nitrogens with one attached hydrogen (secondary N) is 1. The number of benzene rings is 2. The van der Waals surface area contributed by atoms with Crippen LogP contribution in [0.15, 0.2) is 46.0 Å². The molecular weight excluding hydrogens is 379 g/mol. The Morgan fingerprint density at radius 1 is 1.19 bits per heavy atom. The molecule has 2 aromatic carbocycles. The Hall–Kier alpha value is -1.56. The van der Waals surface area contributed by atoms with Gasteiger partial charge in [-0.15, -0.1) is 0 Å². The van der Waals surface area contributed by atoms with Gasteiger partial charge in [0, 0.05) is 4.47 Å². The van der Waals surface area contributed by atoms with Gasteiger partial charge in [-0.3, -0.25) is 4.79 Å². The minimum absolute atomic E-state index is 0.121. The van der Waals surface area contributed by atoms with Crippen molar-refractivity contribution in [2.24, 2.45) is 5.10 Å². The predicted molar refractivity (Wildman–Crippen MR) is 87.3 cm³/mol. The molecule has 7 heteroatoms. The molecule has 1 amide bonds. The predicted octanol–water partition coefficient (Wildman–Crippen LogP) is 4.23. The first-order valence-corrected chi connectivity index (χ1v) is 7.29. The SMILES string of the molecule is O=C(N/N=C\c1ccc(Cl)c(Cl)c1)c1cc(Br)ccc1O. The summed E-state index contributed by atoms with van der Waals surface area (Å²) in [6.07, 6.45) is 1.43. The number of hydrogen-bond acceptors (Lipinski definition) is 3. The zero-order chi connectivity index (χ0) is 15.4. The molecule has 0 atom stereocenters. The molecule has 0 aromatic heterocycles. The second-order valence-corrected chi connectivity index (χ2v) is 5.76. The van der Waals surface area contributed by atoms with Crippen LogP contribution in [0.1, 0.15) is 15.9 Å². The van der Waals surface area contributed by atoms with Crippen molar-refractivity contribution in [3.05, 3.63) is 62.0 Å². The molecule has 0 saturated heterocycles. The first-order chi connectivity index (χ1) is 9.97. The molecule has 4 nitrogen and oxygen atoms in total. The average Bonchev–Trinajstić information content (AvgIpc) is 2.45. The number of amides is 1. The summed E-state index contributed by atoms with van der Waals surface area (Å²) in [6.45, 7) is 0. The minimum atomic E-state index is -0.523. The first-order valence-electron chi connectivity index (χ1n) is 5.74. The third-order valence-electron chi connectivity index (χ3n) is 2.53. The van der Waals surface area contributed by atoms with E-state index < -0.39 is 5.91 Å². The molecule has 0 aliphatic heterocycles. The number of carbonyl (C=O) groups is 1. The van der Waals surface area contributed by atoms with Crippen molar-refractivity contribution in [3.8, 4) is 5.75 Å². The van der Waals surface area contributed by atoms with Crippen LogP contribution in [0.4, 0.5) is 0 Å². The van der Waals surface area contributed by atoms with Crippen molar-refractivity contribution in [3.63, 3.8) is 0 Å². The standard InChI is InChI=1S/C14H9BrCl2N2O2/c15-9-2-4-13(20)10(6-9)14(21)19-18-7-8-1-3-11(16)12(17)5-8/h1-7,20H,(H,19,21)/b18-7-. The Labute approximate surface area is 139 Å². The van der Waals surface area contributed by atoms with E-state index in [9.17, 15) is 9.90 Å². The van der Waals surface area contributed by atoms with Crippen molar-refractivity contribution < 1.29 is 9.90 Å². The second-order valence-electron chi connectivity index (χ2n) is 4.03. The maximum absolute atomic E-state index is 11.9. The average molecular weight is 388 g/mol. The van der Waals surface area contributed by atoms with Crippen LogP contribution in [0.25, 0.3) is 0 Å². The summed E-state index contributed by atoms with van der Waals surface area (Å²) >= 11 is 14.9. The van der Waals surface area contributed by atoms with Crippen LogP contribution < -0.4 is 5.43 Å². The van der Waals surface area contributed by atoms with Gasteiger partial charge in [0.15, 0.2) is 0 Å². The quantitative estimate of drug-likeness (QED) is 0.611. The summed E-state index contributed by atoms with van der Waals surface area (Å²) in [7, 11) is 0. The maximum atomic E-state index is 11.9. The number of carbonyl (C=O) groups excluding carboxylic acids is 1. The number of aromatic hydroxyl groups is 1. The van der Waals surface area contributed by atoms with Crippen molar-refractivity contribution in [1.29, 1.82) is 0 Å². The molecule has 2 N–H and O–H groups in total. The molecule has 2 rings (SSSR count). The van der Waals surface area contributed by atoms with Gasteiger partial charge in [-0.05, 0) is 35.9 Å². The number of rotatable bonds is 3. The largest absolute Gasteiger partial charge is 0.507 e. The summed E-state index contributed by atoms with van der Waals surface area (Å²) in [5, 5.41) is 14.3. The highest BCUT2D eigenvalue weighted by atomic mass is 79.9. The van der Waals surface area contributed by atoms with Gasteiger partial charge in [-0.25, -0.2) is 5.43 Å². The fourth-order valence-electron chi connectivity index (χ4n) is 1.51. The Kier molecular flexibility index (Phi) is 5.22. The number of hydrogen-bond donors (Lipinski definition) is 2. The van der Waals surface area contributed by atoms with Gasteiger partial charge in [0.2, 0.25) is 0 Å². The van der Waals surface area contributed by atoms with Crippen molar-refractivity contribution in [2.45, 2.75) is 0 Å². The molecule has 0 radical (unpaired) electrons. The number of hydrazone groups is 1. The molecule has 0 aliphatic rings. The molecule has 0 unspecified atom stereocenters. The molecule has 0 bridgehead atoms. The van der Waals surface area contributed by atoms with Gasteiger partial charge in [0.25, 0.3) is 5.91 Å². The Bertz CT molecular complexity index is 720. The molecule has 0 saturated carbocycles. The molecule has 0 heterocycles. The molecule has 2 aromatic rings. The molecule has 0 fully saturated rings. The number of phenols is 1. The van der Waals surface area contributed by atoms with E-state index in [2.05, 4.69) is 26.5 Å². The van der Waals surface area contributed by atoms with Crippen molar-refractivity contribution in [1.82, 2.24) is 5.43 Å². The molecule has 0 spiro atoms. The van der Waals surface area contributed by atoms with Gasteiger partial charge >= 0.3 is 0 Å². The highest BCUT2D eigenvalue weighted by Gasteiger charge is 2.10. The minimum Gasteiger partial charge on any atom is -0.507 e. The Morgan fingerprint density at radius 2 is 1.95 bits per heavy atom. The molecule has 108 valence electrons. The highest BCUT2D eigenvalue weighted by molar-refractivity contribution is 9.10. The summed E-state index contributed by atoms with van der Waals surface area (Å²) in [6, 6.07) is 9.51. The Balaban J connectivity index is 2.08.